The molecule has 0 aliphatic rings. The third-order valence-corrected chi connectivity index (χ3v) is 7.25. The molecule has 0 radical (unpaired) electrons. The fraction of sp³-hybridized carbons (Fsp3) is 0.0769. The molecule has 0 atom stereocenters. The Hall–Kier alpha value is -4.08. The molecule has 0 N–H and O–H groups in total. The Balaban J connectivity index is 1.42. The number of ether oxygens (including phenoxy) is 1. The lowest BCUT2D eigenvalue weighted by molar-refractivity contribution is 0.340. The molecule has 0 amide bonds. The summed E-state index contributed by atoms with van der Waals surface area (Å²) in [6, 6.07) is 21.5. The van der Waals surface area contributed by atoms with E-state index in [9.17, 15) is 4.79 Å². The van der Waals surface area contributed by atoms with Gasteiger partial charge < -0.3 is 4.74 Å². The number of benzene rings is 2. The summed E-state index contributed by atoms with van der Waals surface area (Å²) in [5.41, 5.74) is 3.29. The first-order valence-corrected chi connectivity index (χ1v) is 12.7. The average molecular weight is 498 g/mol. The number of aromatic nitrogens is 5. The molecule has 6 aromatic rings. The minimum atomic E-state index is -0.195. The minimum Gasteiger partial charge on any atom is -0.494 e. The third-order valence-electron chi connectivity index (χ3n) is 5.41. The third kappa shape index (κ3) is 4.05. The molecule has 0 fully saturated rings. The van der Waals surface area contributed by atoms with Crippen LogP contribution in [-0.4, -0.2) is 31.0 Å². The highest BCUT2D eigenvalue weighted by atomic mass is 32.1. The van der Waals surface area contributed by atoms with Gasteiger partial charge in [-0.25, -0.2) is 4.68 Å². The van der Waals surface area contributed by atoms with E-state index >= 15 is 0 Å². The van der Waals surface area contributed by atoms with Gasteiger partial charge in [-0.1, -0.05) is 35.6 Å². The van der Waals surface area contributed by atoms with Crippen LogP contribution in [0.2, 0.25) is 0 Å². The zero-order chi connectivity index (χ0) is 23.8. The topological polar surface area (TPSA) is 74.3 Å². The summed E-state index contributed by atoms with van der Waals surface area (Å²) in [4.78, 5) is 19.4. The number of nitrogens with zero attached hydrogens (tertiary/aromatic N) is 5. The molecule has 0 bridgehead atoms. The Morgan fingerprint density at radius 2 is 1.83 bits per heavy atom. The lowest BCUT2D eigenvalue weighted by Crippen LogP contribution is -2.23. The second-order valence-corrected chi connectivity index (χ2v) is 9.65. The summed E-state index contributed by atoms with van der Waals surface area (Å²) in [6.45, 7) is 2.55. The maximum atomic E-state index is 13.2. The zero-order valence-corrected chi connectivity index (χ0v) is 20.3. The van der Waals surface area contributed by atoms with Crippen LogP contribution in [0, 0.1) is 0 Å². The molecular weight excluding hydrogens is 478 g/mol. The van der Waals surface area contributed by atoms with Crippen LogP contribution in [-0.2, 0) is 0 Å². The Morgan fingerprint density at radius 1 is 1.00 bits per heavy atom. The molecule has 4 heterocycles. The van der Waals surface area contributed by atoms with E-state index in [0.717, 1.165) is 33.1 Å². The van der Waals surface area contributed by atoms with E-state index in [2.05, 4.69) is 10.1 Å². The van der Waals surface area contributed by atoms with E-state index in [1.54, 1.807) is 11.3 Å². The van der Waals surface area contributed by atoms with Gasteiger partial charge in [0.1, 0.15) is 11.4 Å². The highest BCUT2D eigenvalue weighted by Crippen LogP contribution is 2.28. The van der Waals surface area contributed by atoms with E-state index in [-0.39, 0.29) is 5.56 Å². The second kappa shape index (κ2) is 8.94. The quantitative estimate of drug-likeness (QED) is 0.334. The van der Waals surface area contributed by atoms with E-state index < -0.39 is 0 Å². The molecule has 6 rings (SSSR count). The predicted octanol–water partition coefficient (Wildman–Crippen LogP) is 4.68. The molecular formula is C26H19N5O2S2. The molecule has 4 aromatic heterocycles. The predicted molar refractivity (Wildman–Crippen MR) is 139 cm³/mol. The van der Waals surface area contributed by atoms with E-state index in [4.69, 9.17) is 9.84 Å². The molecule has 35 heavy (non-hydrogen) atoms. The number of thiazole rings is 1. The van der Waals surface area contributed by atoms with Crippen molar-refractivity contribution in [2.24, 2.45) is 0 Å². The average Bonchev–Trinajstić information content (AvgIpc) is 3.67. The molecule has 0 spiro atoms. The summed E-state index contributed by atoms with van der Waals surface area (Å²) in [5, 5.41) is 11.3. The summed E-state index contributed by atoms with van der Waals surface area (Å²) < 4.78 is 9.26. The number of rotatable bonds is 6. The van der Waals surface area contributed by atoms with Crippen molar-refractivity contribution < 1.29 is 4.74 Å². The Labute approximate surface area is 208 Å². The van der Waals surface area contributed by atoms with Crippen molar-refractivity contribution in [1.29, 1.82) is 0 Å². The Bertz CT molecular complexity index is 1720. The molecule has 0 saturated carbocycles. The molecule has 0 saturated heterocycles. The van der Waals surface area contributed by atoms with Gasteiger partial charge in [-0.05, 0) is 60.8 Å². The number of fused-ring (bicyclic) bond motifs is 1. The van der Waals surface area contributed by atoms with Crippen LogP contribution in [0.15, 0.2) is 83.1 Å². The summed E-state index contributed by atoms with van der Waals surface area (Å²) in [7, 11) is 0. The summed E-state index contributed by atoms with van der Waals surface area (Å²) in [5.74, 6) is 1.30. The lowest BCUT2D eigenvalue weighted by Gasteiger charge is -2.02. The van der Waals surface area contributed by atoms with Crippen LogP contribution in [0.4, 0.5) is 0 Å². The highest BCUT2D eigenvalue weighted by Gasteiger charge is 2.15. The van der Waals surface area contributed by atoms with Gasteiger partial charge in [-0.2, -0.15) is 14.6 Å². The van der Waals surface area contributed by atoms with Crippen molar-refractivity contribution in [2.45, 2.75) is 6.92 Å². The summed E-state index contributed by atoms with van der Waals surface area (Å²) in [6.07, 6.45) is 3.83. The number of thiophene rings is 1. The van der Waals surface area contributed by atoms with Crippen LogP contribution in [0.3, 0.4) is 0 Å². The monoisotopic (exact) mass is 497 g/mol. The van der Waals surface area contributed by atoms with Crippen LogP contribution < -0.4 is 14.8 Å². The van der Waals surface area contributed by atoms with Crippen LogP contribution in [0.5, 0.6) is 5.75 Å². The summed E-state index contributed by atoms with van der Waals surface area (Å²) >= 11 is 2.93. The zero-order valence-electron chi connectivity index (χ0n) is 18.7. The van der Waals surface area contributed by atoms with Gasteiger partial charge in [0, 0.05) is 17.3 Å². The largest absolute Gasteiger partial charge is 0.494 e. The Morgan fingerprint density at radius 3 is 2.54 bits per heavy atom. The number of hydrogen-bond acceptors (Lipinski definition) is 7. The first-order valence-electron chi connectivity index (χ1n) is 11.0. The lowest BCUT2D eigenvalue weighted by atomic mass is 10.2. The van der Waals surface area contributed by atoms with Crippen molar-refractivity contribution in [3.05, 3.63) is 98.8 Å². The molecule has 172 valence electrons. The maximum absolute atomic E-state index is 13.2. The van der Waals surface area contributed by atoms with Crippen LogP contribution in [0.25, 0.3) is 38.7 Å². The van der Waals surface area contributed by atoms with E-state index in [1.165, 1.54) is 15.9 Å². The SMILES string of the molecule is CCOc1ccc(-c2nc3s/c(=C\c4cn(-c5ccccc5)nc4-c4cccs4)c(=O)n3n2)cc1. The van der Waals surface area contributed by atoms with Gasteiger partial charge in [0.05, 0.1) is 21.7 Å². The normalized spacial score (nSPS) is 12.0. The molecule has 0 aliphatic carbocycles. The van der Waals surface area contributed by atoms with Crippen molar-refractivity contribution in [3.8, 4) is 33.4 Å². The van der Waals surface area contributed by atoms with Crippen LogP contribution >= 0.6 is 22.7 Å². The van der Waals surface area contributed by atoms with Gasteiger partial charge in [0.2, 0.25) is 4.96 Å². The van der Waals surface area contributed by atoms with Crippen molar-refractivity contribution in [1.82, 2.24) is 24.4 Å². The molecule has 0 unspecified atom stereocenters. The maximum Gasteiger partial charge on any atom is 0.291 e. The fourth-order valence-electron chi connectivity index (χ4n) is 3.77. The van der Waals surface area contributed by atoms with Crippen molar-refractivity contribution in [3.63, 3.8) is 0 Å². The molecule has 7 nitrogen and oxygen atoms in total. The van der Waals surface area contributed by atoms with Gasteiger partial charge in [0.15, 0.2) is 5.82 Å². The first kappa shape index (κ1) is 21.5. The number of hydrogen-bond donors (Lipinski definition) is 0. The van der Waals surface area contributed by atoms with E-state index in [0.29, 0.717) is 21.9 Å². The van der Waals surface area contributed by atoms with Crippen LogP contribution in [0.1, 0.15) is 12.5 Å². The highest BCUT2D eigenvalue weighted by molar-refractivity contribution is 7.15. The Kier molecular flexibility index (Phi) is 5.48. The molecule has 2 aromatic carbocycles. The fourth-order valence-corrected chi connectivity index (χ4v) is 5.40. The van der Waals surface area contributed by atoms with Gasteiger partial charge >= 0.3 is 0 Å². The number of para-hydroxylation sites is 1. The van der Waals surface area contributed by atoms with Gasteiger partial charge in [0.25, 0.3) is 5.56 Å². The van der Waals surface area contributed by atoms with Crippen molar-refractivity contribution in [2.75, 3.05) is 6.61 Å². The molecule has 9 heteroatoms. The van der Waals surface area contributed by atoms with Gasteiger partial charge in [-0.3, -0.25) is 4.79 Å². The van der Waals surface area contributed by atoms with Crippen molar-refractivity contribution >= 4 is 33.7 Å². The molecule has 0 aliphatic heterocycles. The second-order valence-electron chi connectivity index (χ2n) is 7.69. The first-order chi connectivity index (χ1) is 17.2. The minimum absolute atomic E-state index is 0.195. The standard InChI is InChI=1S/C26H19N5O2S2/c1-2-33-20-12-10-17(11-13-20)24-27-26-31(29-24)25(32)22(35-26)15-18-16-30(19-7-4-3-5-8-19)28-23(18)21-9-6-14-34-21/h3-16H,2H2,1H3/b22-15-. The van der Waals surface area contributed by atoms with Gasteiger partial charge in [-0.15, -0.1) is 16.4 Å². The smallest absolute Gasteiger partial charge is 0.291 e. The van der Waals surface area contributed by atoms with E-state index in [1.807, 2.05) is 96.0 Å².